The van der Waals surface area contributed by atoms with Crippen LogP contribution in [0.1, 0.15) is 18.2 Å². The molecule has 0 spiro atoms. The Morgan fingerprint density at radius 3 is 2.63 bits per heavy atom. The number of hydrogen-bond donors (Lipinski definition) is 2. The van der Waals surface area contributed by atoms with E-state index in [9.17, 15) is 0 Å². The average molecular weight is 321 g/mol. The third-order valence-corrected chi connectivity index (χ3v) is 3.49. The quantitative estimate of drug-likeness (QED) is 0.892. The molecule has 0 atom stereocenters. The van der Waals surface area contributed by atoms with Crippen LogP contribution in [0.4, 0.5) is 17.5 Å². The van der Waals surface area contributed by atoms with Gasteiger partial charge in [0.25, 0.3) is 0 Å². The summed E-state index contributed by atoms with van der Waals surface area (Å²) in [6.45, 7) is 6.85. The highest BCUT2D eigenvalue weighted by atomic mass is 79.9. The molecule has 2 N–H and O–H groups in total. The van der Waals surface area contributed by atoms with E-state index in [1.54, 1.807) is 0 Å². The van der Waals surface area contributed by atoms with Gasteiger partial charge in [-0.3, -0.25) is 0 Å². The van der Waals surface area contributed by atoms with Crippen LogP contribution < -0.4 is 10.6 Å². The molecule has 0 saturated carbocycles. The minimum Gasteiger partial charge on any atom is -0.354 e. The molecule has 0 bridgehead atoms. The van der Waals surface area contributed by atoms with Crippen LogP contribution in [-0.4, -0.2) is 16.5 Å². The molecule has 2 aromatic rings. The zero-order chi connectivity index (χ0) is 13.8. The zero-order valence-electron chi connectivity index (χ0n) is 11.3. The molecule has 0 unspecified atom stereocenters. The van der Waals surface area contributed by atoms with Crippen LogP contribution in [0.3, 0.4) is 0 Å². The number of aromatic nitrogens is 2. The van der Waals surface area contributed by atoms with Crippen molar-refractivity contribution in [1.82, 2.24) is 9.97 Å². The predicted molar refractivity (Wildman–Crippen MR) is 83.1 cm³/mol. The van der Waals surface area contributed by atoms with E-state index >= 15 is 0 Å². The topological polar surface area (TPSA) is 49.8 Å². The van der Waals surface area contributed by atoms with Crippen molar-refractivity contribution in [1.29, 1.82) is 0 Å². The number of rotatable bonds is 4. The van der Waals surface area contributed by atoms with E-state index in [1.807, 2.05) is 32.0 Å². The Morgan fingerprint density at radius 2 is 1.95 bits per heavy atom. The standard InChI is InChI=1S/C14H17BrN4/c1-4-16-14-17-10(3)7-13(19-14)18-11-6-5-9(2)12(15)8-11/h5-8H,4H2,1-3H3,(H2,16,17,18,19). The molecular formula is C14H17BrN4. The van der Waals surface area contributed by atoms with Crippen LogP contribution in [0.2, 0.25) is 0 Å². The van der Waals surface area contributed by atoms with Crippen molar-refractivity contribution in [3.8, 4) is 0 Å². The lowest BCUT2D eigenvalue weighted by atomic mass is 10.2. The van der Waals surface area contributed by atoms with Crippen molar-refractivity contribution >= 4 is 33.4 Å². The normalized spacial score (nSPS) is 10.3. The molecular weight excluding hydrogens is 304 g/mol. The van der Waals surface area contributed by atoms with Gasteiger partial charge in [0.15, 0.2) is 0 Å². The van der Waals surface area contributed by atoms with Crippen LogP contribution in [-0.2, 0) is 0 Å². The molecule has 19 heavy (non-hydrogen) atoms. The van der Waals surface area contributed by atoms with Gasteiger partial charge < -0.3 is 10.6 Å². The van der Waals surface area contributed by atoms with Gasteiger partial charge in [-0.15, -0.1) is 0 Å². The Morgan fingerprint density at radius 1 is 1.16 bits per heavy atom. The summed E-state index contributed by atoms with van der Waals surface area (Å²) >= 11 is 3.53. The molecule has 0 aliphatic rings. The molecule has 0 aliphatic carbocycles. The van der Waals surface area contributed by atoms with Crippen molar-refractivity contribution in [2.24, 2.45) is 0 Å². The van der Waals surface area contributed by atoms with E-state index < -0.39 is 0 Å². The minimum atomic E-state index is 0.649. The summed E-state index contributed by atoms with van der Waals surface area (Å²) < 4.78 is 1.08. The highest BCUT2D eigenvalue weighted by Crippen LogP contribution is 2.23. The van der Waals surface area contributed by atoms with Gasteiger partial charge in [-0.2, -0.15) is 4.98 Å². The molecule has 2 rings (SSSR count). The van der Waals surface area contributed by atoms with E-state index in [-0.39, 0.29) is 0 Å². The molecule has 0 fully saturated rings. The van der Waals surface area contributed by atoms with Gasteiger partial charge in [0.05, 0.1) is 0 Å². The molecule has 0 aliphatic heterocycles. The average Bonchev–Trinajstić information content (AvgIpc) is 2.33. The Bertz CT molecular complexity index is 584. The third kappa shape index (κ3) is 3.67. The lowest BCUT2D eigenvalue weighted by molar-refractivity contribution is 1.05. The third-order valence-electron chi connectivity index (χ3n) is 2.63. The lowest BCUT2D eigenvalue weighted by Crippen LogP contribution is -2.05. The minimum absolute atomic E-state index is 0.649. The van der Waals surface area contributed by atoms with Gasteiger partial charge in [-0.25, -0.2) is 4.98 Å². The van der Waals surface area contributed by atoms with Gasteiger partial charge in [0.2, 0.25) is 5.95 Å². The van der Waals surface area contributed by atoms with Gasteiger partial charge >= 0.3 is 0 Å². The smallest absolute Gasteiger partial charge is 0.224 e. The summed E-state index contributed by atoms with van der Waals surface area (Å²) in [4.78, 5) is 8.75. The molecule has 5 heteroatoms. The van der Waals surface area contributed by atoms with Crippen LogP contribution in [0.5, 0.6) is 0 Å². The van der Waals surface area contributed by atoms with Crippen molar-refractivity contribution < 1.29 is 0 Å². The van der Waals surface area contributed by atoms with Crippen molar-refractivity contribution in [2.75, 3.05) is 17.2 Å². The first-order valence-corrected chi connectivity index (χ1v) is 7.00. The van der Waals surface area contributed by atoms with Gasteiger partial charge in [0, 0.05) is 28.5 Å². The maximum absolute atomic E-state index is 4.42. The molecule has 1 heterocycles. The van der Waals surface area contributed by atoms with Crippen LogP contribution >= 0.6 is 15.9 Å². The van der Waals surface area contributed by atoms with Crippen molar-refractivity contribution in [3.05, 3.63) is 40.0 Å². The van der Waals surface area contributed by atoms with Crippen LogP contribution in [0, 0.1) is 13.8 Å². The number of aryl methyl sites for hydroxylation is 2. The second-order valence-corrected chi connectivity index (χ2v) is 5.19. The SMILES string of the molecule is CCNc1nc(C)cc(Nc2ccc(C)c(Br)c2)n1. The van der Waals surface area contributed by atoms with Gasteiger partial charge in [-0.1, -0.05) is 22.0 Å². The van der Waals surface area contributed by atoms with E-state index in [4.69, 9.17) is 0 Å². The molecule has 1 aromatic heterocycles. The summed E-state index contributed by atoms with van der Waals surface area (Å²) in [7, 11) is 0. The fraction of sp³-hybridized carbons (Fsp3) is 0.286. The summed E-state index contributed by atoms with van der Waals surface area (Å²) in [5.74, 6) is 1.44. The number of nitrogens with one attached hydrogen (secondary N) is 2. The maximum Gasteiger partial charge on any atom is 0.224 e. The fourth-order valence-corrected chi connectivity index (χ4v) is 2.07. The summed E-state index contributed by atoms with van der Waals surface area (Å²) in [5.41, 5.74) is 3.13. The second kappa shape index (κ2) is 6.02. The van der Waals surface area contributed by atoms with Crippen LogP contribution in [0.15, 0.2) is 28.7 Å². The predicted octanol–water partition coefficient (Wildman–Crippen LogP) is 4.03. The van der Waals surface area contributed by atoms with E-state index in [2.05, 4.69) is 49.5 Å². The fourth-order valence-electron chi connectivity index (χ4n) is 1.69. The van der Waals surface area contributed by atoms with Crippen molar-refractivity contribution in [3.63, 3.8) is 0 Å². The number of halogens is 1. The van der Waals surface area contributed by atoms with Crippen molar-refractivity contribution in [2.45, 2.75) is 20.8 Å². The number of nitrogens with zero attached hydrogens (tertiary/aromatic N) is 2. The maximum atomic E-state index is 4.42. The number of anilines is 3. The Balaban J connectivity index is 2.24. The number of hydrogen-bond acceptors (Lipinski definition) is 4. The molecule has 0 saturated heterocycles. The molecule has 100 valence electrons. The van der Waals surface area contributed by atoms with E-state index in [0.29, 0.717) is 5.95 Å². The molecule has 0 radical (unpaired) electrons. The summed E-state index contributed by atoms with van der Waals surface area (Å²) in [5, 5.41) is 6.41. The highest BCUT2D eigenvalue weighted by Gasteiger charge is 2.03. The molecule has 1 aromatic carbocycles. The zero-order valence-corrected chi connectivity index (χ0v) is 12.9. The number of benzene rings is 1. The Labute approximate surface area is 121 Å². The molecule has 4 nitrogen and oxygen atoms in total. The Hall–Kier alpha value is -1.62. The lowest BCUT2D eigenvalue weighted by Gasteiger charge is -2.10. The van der Waals surface area contributed by atoms with Gasteiger partial charge in [-0.05, 0) is 38.5 Å². The second-order valence-electron chi connectivity index (χ2n) is 4.34. The van der Waals surface area contributed by atoms with Gasteiger partial charge in [0.1, 0.15) is 5.82 Å². The first kappa shape index (κ1) is 13.8. The monoisotopic (exact) mass is 320 g/mol. The van der Waals surface area contributed by atoms with Crippen LogP contribution in [0.25, 0.3) is 0 Å². The summed E-state index contributed by atoms with van der Waals surface area (Å²) in [6, 6.07) is 8.06. The summed E-state index contributed by atoms with van der Waals surface area (Å²) in [6.07, 6.45) is 0. The molecule has 0 amide bonds. The first-order valence-electron chi connectivity index (χ1n) is 6.21. The van der Waals surface area contributed by atoms with E-state index in [1.165, 1.54) is 5.56 Å². The Kier molecular flexibility index (Phi) is 4.37. The van der Waals surface area contributed by atoms with E-state index in [0.717, 1.165) is 28.2 Å². The highest BCUT2D eigenvalue weighted by molar-refractivity contribution is 9.10. The largest absolute Gasteiger partial charge is 0.354 e. The first-order chi connectivity index (χ1) is 9.08.